The van der Waals surface area contributed by atoms with E-state index >= 15 is 0 Å². The summed E-state index contributed by atoms with van der Waals surface area (Å²) >= 11 is 0. The third-order valence-electron chi connectivity index (χ3n) is 2.88. The fourth-order valence-corrected chi connectivity index (χ4v) is 1.88. The fraction of sp³-hybridized carbons (Fsp3) is 0.267. The lowest BCUT2D eigenvalue weighted by Gasteiger charge is -2.17. The molecule has 2 heterocycles. The Morgan fingerprint density at radius 3 is 2.79 bits per heavy atom. The molecular weight excluding hydrogens is 238 g/mol. The average molecular weight is 255 g/mol. The topological polar surface area (TPSA) is 46.1 Å². The molecule has 0 radical (unpaired) electrons. The normalized spacial score (nSPS) is 10.2. The van der Waals surface area contributed by atoms with E-state index in [0.717, 1.165) is 16.8 Å². The van der Waals surface area contributed by atoms with E-state index in [-0.39, 0.29) is 5.91 Å². The number of aromatic nitrogens is 2. The minimum atomic E-state index is 0.0856. The van der Waals surface area contributed by atoms with Crippen LogP contribution in [0.4, 0.5) is 0 Å². The van der Waals surface area contributed by atoms with Crippen molar-refractivity contribution >= 4 is 5.91 Å². The van der Waals surface area contributed by atoms with Crippen LogP contribution in [0.3, 0.4) is 0 Å². The molecule has 0 aliphatic carbocycles. The van der Waals surface area contributed by atoms with Gasteiger partial charge in [0.2, 0.25) is 5.91 Å². The Morgan fingerprint density at radius 2 is 2.11 bits per heavy atom. The summed E-state index contributed by atoms with van der Waals surface area (Å²) in [6, 6.07) is 7.68. The Balaban J connectivity index is 1.96. The van der Waals surface area contributed by atoms with Gasteiger partial charge in [-0.15, -0.1) is 0 Å². The lowest BCUT2D eigenvalue weighted by molar-refractivity contribution is -0.129. The van der Waals surface area contributed by atoms with Crippen molar-refractivity contribution in [3.05, 3.63) is 59.7 Å². The van der Waals surface area contributed by atoms with Crippen molar-refractivity contribution in [1.29, 1.82) is 0 Å². The van der Waals surface area contributed by atoms with E-state index in [2.05, 4.69) is 9.97 Å². The zero-order chi connectivity index (χ0) is 13.7. The molecule has 0 atom stereocenters. The standard InChI is InChI=1S/C15H17N3O/c1-12-8-14(5-7-17-12)11-18(2)15(19)9-13-4-3-6-16-10-13/h3-8,10H,9,11H2,1-2H3. The van der Waals surface area contributed by atoms with Crippen molar-refractivity contribution in [3.63, 3.8) is 0 Å². The number of likely N-dealkylation sites (N-methyl/N-ethyl adjacent to an activating group) is 1. The van der Waals surface area contributed by atoms with Gasteiger partial charge in [-0.05, 0) is 36.2 Å². The molecule has 0 spiro atoms. The maximum atomic E-state index is 12.1. The van der Waals surface area contributed by atoms with Crippen LogP contribution in [0.25, 0.3) is 0 Å². The molecule has 0 bridgehead atoms. The third kappa shape index (κ3) is 3.88. The van der Waals surface area contributed by atoms with Gasteiger partial charge in [-0.2, -0.15) is 0 Å². The number of rotatable bonds is 4. The summed E-state index contributed by atoms with van der Waals surface area (Å²) in [6.07, 6.45) is 5.58. The summed E-state index contributed by atoms with van der Waals surface area (Å²) in [5.74, 6) is 0.0856. The SMILES string of the molecule is Cc1cc(CN(C)C(=O)Cc2cccnc2)ccn1. The lowest BCUT2D eigenvalue weighted by Crippen LogP contribution is -2.27. The number of hydrogen-bond acceptors (Lipinski definition) is 3. The highest BCUT2D eigenvalue weighted by Crippen LogP contribution is 2.06. The van der Waals surface area contributed by atoms with Crippen molar-refractivity contribution in [2.24, 2.45) is 0 Å². The number of carbonyl (C=O) groups is 1. The predicted molar refractivity (Wildman–Crippen MR) is 73.4 cm³/mol. The monoisotopic (exact) mass is 255 g/mol. The van der Waals surface area contributed by atoms with E-state index in [1.54, 1.807) is 23.5 Å². The summed E-state index contributed by atoms with van der Waals surface area (Å²) in [5.41, 5.74) is 2.99. The van der Waals surface area contributed by atoms with Gasteiger partial charge in [0.25, 0.3) is 0 Å². The van der Waals surface area contributed by atoms with Crippen LogP contribution >= 0.6 is 0 Å². The molecule has 98 valence electrons. The molecule has 0 saturated carbocycles. The zero-order valence-electron chi connectivity index (χ0n) is 11.2. The second-order valence-electron chi connectivity index (χ2n) is 4.59. The van der Waals surface area contributed by atoms with Gasteiger partial charge in [0.1, 0.15) is 0 Å². The molecule has 2 aromatic heterocycles. The molecule has 4 nitrogen and oxygen atoms in total. The summed E-state index contributed by atoms with van der Waals surface area (Å²) in [7, 11) is 1.81. The highest BCUT2D eigenvalue weighted by Gasteiger charge is 2.10. The molecule has 0 unspecified atom stereocenters. The van der Waals surface area contributed by atoms with Crippen LogP contribution in [-0.4, -0.2) is 27.8 Å². The number of aryl methyl sites for hydroxylation is 1. The quantitative estimate of drug-likeness (QED) is 0.839. The first-order valence-electron chi connectivity index (χ1n) is 6.19. The van der Waals surface area contributed by atoms with E-state index in [1.807, 2.05) is 38.2 Å². The molecule has 2 aromatic rings. The summed E-state index contributed by atoms with van der Waals surface area (Å²) < 4.78 is 0. The summed E-state index contributed by atoms with van der Waals surface area (Å²) in [4.78, 5) is 22.0. The number of pyridine rings is 2. The van der Waals surface area contributed by atoms with Crippen molar-refractivity contribution in [2.45, 2.75) is 19.9 Å². The second kappa shape index (κ2) is 6.09. The molecule has 0 aromatic carbocycles. The van der Waals surface area contributed by atoms with E-state index in [9.17, 15) is 4.79 Å². The van der Waals surface area contributed by atoms with Crippen molar-refractivity contribution in [3.8, 4) is 0 Å². The first kappa shape index (κ1) is 13.2. The largest absolute Gasteiger partial charge is 0.341 e. The Kier molecular flexibility index (Phi) is 4.23. The van der Waals surface area contributed by atoms with Crippen molar-refractivity contribution in [2.75, 3.05) is 7.05 Å². The Labute approximate surface area is 113 Å². The van der Waals surface area contributed by atoms with Gasteiger partial charge in [0, 0.05) is 37.9 Å². The van der Waals surface area contributed by atoms with Crippen LogP contribution in [0.15, 0.2) is 42.9 Å². The van der Waals surface area contributed by atoms with Gasteiger partial charge in [-0.1, -0.05) is 6.07 Å². The van der Waals surface area contributed by atoms with Crippen LogP contribution in [0.2, 0.25) is 0 Å². The smallest absolute Gasteiger partial charge is 0.227 e. The van der Waals surface area contributed by atoms with E-state index in [0.29, 0.717) is 13.0 Å². The van der Waals surface area contributed by atoms with Gasteiger partial charge in [-0.3, -0.25) is 14.8 Å². The number of amides is 1. The van der Waals surface area contributed by atoms with Crippen LogP contribution in [0.1, 0.15) is 16.8 Å². The van der Waals surface area contributed by atoms with Crippen LogP contribution in [0.5, 0.6) is 0 Å². The number of nitrogens with zero attached hydrogens (tertiary/aromatic N) is 3. The van der Waals surface area contributed by atoms with Crippen LogP contribution in [-0.2, 0) is 17.8 Å². The minimum absolute atomic E-state index is 0.0856. The molecule has 0 aliphatic heterocycles. The Bertz CT molecular complexity index is 554. The number of hydrogen-bond donors (Lipinski definition) is 0. The Morgan fingerprint density at radius 1 is 1.26 bits per heavy atom. The van der Waals surface area contributed by atoms with Gasteiger partial charge in [0.15, 0.2) is 0 Å². The molecule has 4 heteroatoms. The van der Waals surface area contributed by atoms with Gasteiger partial charge < -0.3 is 4.90 Å². The van der Waals surface area contributed by atoms with Gasteiger partial charge >= 0.3 is 0 Å². The first-order valence-corrected chi connectivity index (χ1v) is 6.19. The fourth-order valence-electron chi connectivity index (χ4n) is 1.88. The van der Waals surface area contributed by atoms with Crippen LogP contribution < -0.4 is 0 Å². The maximum Gasteiger partial charge on any atom is 0.227 e. The highest BCUT2D eigenvalue weighted by atomic mass is 16.2. The summed E-state index contributed by atoms with van der Waals surface area (Å²) in [5, 5.41) is 0. The Hall–Kier alpha value is -2.23. The molecule has 1 amide bonds. The number of carbonyl (C=O) groups excluding carboxylic acids is 1. The molecule has 19 heavy (non-hydrogen) atoms. The zero-order valence-corrected chi connectivity index (χ0v) is 11.2. The van der Waals surface area contributed by atoms with Gasteiger partial charge in [0.05, 0.1) is 6.42 Å². The second-order valence-corrected chi connectivity index (χ2v) is 4.59. The first-order chi connectivity index (χ1) is 9.15. The third-order valence-corrected chi connectivity index (χ3v) is 2.88. The molecule has 0 fully saturated rings. The van der Waals surface area contributed by atoms with Gasteiger partial charge in [-0.25, -0.2) is 0 Å². The minimum Gasteiger partial charge on any atom is -0.341 e. The van der Waals surface area contributed by atoms with Crippen molar-refractivity contribution < 1.29 is 4.79 Å². The summed E-state index contributed by atoms with van der Waals surface area (Å²) in [6.45, 7) is 2.55. The highest BCUT2D eigenvalue weighted by molar-refractivity contribution is 5.78. The molecule has 0 N–H and O–H groups in total. The maximum absolute atomic E-state index is 12.1. The lowest BCUT2D eigenvalue weighted by atomic mass is 10.2. The van der Waals surface area contributed by atoms with E-state index < -0.39 is 0 Å². The van der Waals surface area contributed by atoms with Crippen molar-refractivity contribution in [1.82, 2.24) is 14.9 Å². The average Bonchev–Trinajstić information content (AvgIpc) is 2.40. The van der Waals surface area contributed by atoms with E-state index in [4.69, 9.17) is 0 Å². The van der Waals surface area contributed by atoms with Crippen LogP contribution in [0, 0.1) is 6.92 Å². The molecular formula is C15H17N3O. The van der Waals surface area contributed by atoms with E-state index in [1.165, 1.54) is 0 Å². The molecule has 2 rings (SSSR count). The molecule has 0 aliphatic rings. The predicted octanol–water partition coefficient (Wildman–Crippen LogP) is 1.99. The molecule has 0 saturated heterocycles.